The van der Waals surface area contributed by atoms with Gasteiger partial charge in [-0.05, 0) is 37.4 Å². The van der Waals surface area contributed by atoms with Crippen LogP contribution in [0.15, 0.2) is 40.6 Å². The van der Waals surface area contributed by atoms with E-state index in [-0.39, 0.29) is 0 Å². The molecule has 2 aromatic heterocycles. The maximum Gasteiger partial charge on any atom is 0.142 e. The van der Waals surface area contributed by atoms with Crippen molar-refractivity contribution < 1.29 is 0 Å². The highest BCUT2D eigenvalue weighted by Crippen LogP contribution is 2.28. The molecule has 1 N–H and O–H groups in total. The van der Waals surface area contributed by atoms with Crippen molar-refractivity contribution in [3.63, 3.8) is 0 Å². The molecular weight excluding hydrogens is 298 g/mol. The van der Waals surface area contributed by atoms with Gasteiger partial charge in [-0.25, -0.2) is 9.97 Å². The Morgan fingerprint density at radius 2 is 2.14 bits per heavy atom. The van der Waals surface area contributed by atoms with Crippen LogP contribution >= 0.6 is 23.1 Å². The van der Waals surface area contributed by atoms with Crippen LogP contribution in [0.3, 0.4) is 0 Å². The summed E-state index contributed by atoms with van der Waals surface area (Å²) in [5, 5.41) is 6.51. The van der Waals surface area contributed by atoms with Gasteiger partial charge < -0.3 is 5.32 Å². The SMILES string of the molecule is CCNc1nc(CSc2cccc(C)c2)nc2sccc12. The fourth-order valence-corrected chi connectivity index (χ4v) is 3.77. The Balaban J connectivity index is 1.83. The summed E-state index contributed by atoms with van der Waals surface area (Å²) in [7, 11) is 0. The minimum Gasteiger partial charge on any atom is -0.370 e. The van der Waals surface area contributed by atoms with Gasteiger partial charge in [-0.1, -0.05) is 17.7 Å². The van der Waals surface area contributed by atoms with Gasteiger partial charge in [0.05, 0.1) is 11.1 Å². The molecule has 0 bridgehead atoms. The Bertz CT molecular complexity index is 752. The zero-order valence-electron chi connectivity index (χ0n) is 12.1. The first-order chi connectivity index (χ1) is 10.3. The Morgan fingerprint density at radius 1 is 1.24 bits per heavy atom. The summed E-state index contributed by atoms with van der Waals surface area (Å²) in [4.78, 5) is 11.6. The molecule has 2 heterocycles. The fourth-order valence-electron chi connectivity index (χ4n) is 2.12. The molecule has 0 spiro atoms. The average molecular weight is 315 g/mol. The maximum atomic E-state index is 4.66. The van der Waals surface area contributed by atoms with Crippen LogP contribution in [0, 0.1) is 6.92 Å². The molecule has 1 aromatic carbocycles. The van der Waals surface area contributed by atoms with Crippen molar-refractivity contribution in [1.29, 1.82) is 0 Å². The van der Waals surface area contributed by atoms with E-state index >= 15 is 0 Å². The van der Waals surface area contributed by atoms with E-state index < -0.39 is 0 Å². The first-order valence-electron chi connectivity index (χ1n) is 6.93. The first-order valence-corrected chi connectivity index (χ1v) is 8.80. The largest absolute Gasteiger partial charge is 0.370 e. The number of aryl methyl sites for hydroxylation is 1. The molecule has 0 aliphatic rings. The summed E-state index contributed by atoms with van der Waals surface area (Å²) < 4.78 is 0. The van der Waals surface area contributed by atoms with Gasteiger partial charge >= 0.3 is 0 Å². The summed E-state index contributed by atoms with van der Waals surface area (Å²) >= 11 is 3.44. The van der Waals surface area contributed by atoms with E-state index in [1.165, 1.54) is 10.5 Å². The second kappa shape index (κ2) is 6.45. The normalized spacial score (nSPS) is 11.0. The van der Waals surface area contributed by atoms with E-state index in [0.717, 1.165) is 34.2 Å². The number of thioether (sulfide) groups is 1. The molecule has 5 heteroatoms. The Hall–Kier alpha value is -1.59. The lowest BCUT2D eigenvalue weighted by Crippen LogP contribution is -2.03. The molecule has 108 valence electrons. The molecular formula is C16H17N3S2. The van der Waals surface area contributed by atoms with E-state index in [9.17, 15) is 0 Å². The number of hydrogen-bond acceptors (Lipinski definition) is 5. The highest BCUT2D eigenvalue weighted by molar-refractivity contribution is 7.98. The third kappa shape index (κ3) is 3.36. The van der Waals surface area contributed by atoms with Gasteiger partial charge in [-0.3, -0.25) is 0 Å². The van der Waals surface area contributed by atoms with Crippen molar-refractivity contribution in [2.45, 2.75) is 24.5 Å². The summed E-state index contributed by atoms with van der Waals surface area (Å²) in [6.07, 6.45) is 0. The number of nitrogens with one attached hydrogen (secondary N) is 1. The van der Waals surface area contributed by atoms with Gasteiger partial charge in [0, 0.05) is 11.4 Å². The topological polar surface area (TPSA) is 37.8 Å². The van der Waals surface area contributed by atoms with Crippen molar-refractivity contribution >= 4 is 39.1 Å². The van der Waals surface area contributed by atoms with Crippen molar-refractivity contribution in [2.75, 3.05) is 11.9 Å². The second-order valence-corrected chi connectivity index (χ2v) is 6.71. The molecule has 0 amide bonds. The van der Waals surface area contributed by atoms with Crippen LogP contribution in [0.4, 0.5) is 5.82 Å². The summed E-state index contributed by atoms with van der Waals surface area (Å²) in [6.45, 7) is 5.06. The average Bonchev–Trinajstić information content (AvgIpc) is 2.94. The predicted octanol–water partition coefficient (Wildman–Crippen LogP) is 4.72. The summed E-state index contributed by atoms with van der Waals surface area (Å²) in [5.41, 5.74) is 1.28. The number of aromatic nitrogens is 2. The van der Waals surface area contributed by atoms with Crippen molar-refractivity contribution in [2.24, 2.45) is 0 Å². The fraction of sp³-hybridized carbons (Fsp3) is 0.250. The monoisotopic (exact) mass is 315 g/mol. The van der Waals surface area contributed by atoms with Gasteiger partial charge in [0.15, 0.2) is 0 Å². The quantitative estimate of drug-likeness (QED) is 0.691. The number of anilines is 1. The number of benzene rings is 1. The summed E-state index contributed by atoms with van der Waals surface area (Å²) in [6, 6.07) is 10.6. The van der Waals surface area contributed by atoms with Crippen molar-refractivity contribution in [3.8, 4) is 0 Å². The van der Waals surface area contributed by atoms with Crippen LogP contribution in [0.25, 0.3) is 10.2 Å². The van der Waals surface area contributed by atoms with Crippen LogP contribution < -0.4 is 5.32 Å². The molecule has 21 heavy (non-hydrogen) atoms. The van der Waals surface area contributed by atoms with Gasteiger partial charge in [0.1, 0.15) is 16.5 Å². The zero-order chi connectivity index (χ0) is 14.7. The predicted molar refractivity (Wildman–Crippen MR) is 92.3 cm³/mol. The van der Waals surface area contributed by atoms with E-state index in [2.05, 4.69) is 64.8 Å². The molecule has 0 saturated heterocycles. The van der Waals surface area contributed by atoms with Crippen LogP contribution in [0.2, 0.25) is 0 Å². The van der Waals surface area contributed by atoms with E-state index in [0.29, 0.717) is 0 Å². The molecule has 0 unspecified atom stereocenters. The van der Waals surface area contributed by atoms with Crippen LogP contribution in [0.5, 0.6) is 0 Å². The third-order valence-electron chi connectivity index (χ3n) is 3.07. The van der Waals surface area contributed by atoms with Crippen LogP contribution in [-0.4, -0.2) is 16.5 Å². The van der Waals surface area contributed by atoms with E-state index in [1.807, 2.05) is 0 Å². The van der Waals surface area contributed by atoms with E-state index in [1.54, 1.807) is 23.1 Å². The standard InChI is InChI=1S/C16H17N3S2/c1-3-17-15-13-7-8-20-16(13)19-14(18-15)10-21-12-6-4-5-11(2)9-12/h4-9H,3,10H2,1-2H3,(H,17,18,19). The molecule has 0 aliphatic carbocycles. The van der Waals surface area contributed by atoms with Crippen LogP contribution in [-0.2, 0) is 5.75 Å². The molecule has 0 atom stereocenters. The van der Waals surface area contributed by atoms with Crippen molar-refractivity contribution in [3.05, 3.63) is 47.1 Å². The van der Waals surface area contributed by atoms with Crippen molar-refractivity contribution in [1.82, 2.24) is 9.97 Å². The molecule has 0 fully saturated rings. The lowest BCUT2D eigenvalue weighted by atomic mass is 10.2. The Labute approximate surface area is 132 Å². The first kappa shape index (κ1) is 14.4. The Kier molecular flexibility index (Phi) is 4.41. The zero-order valence-corrected chi connectivity index (χ0v) is 13.7. The number of hydrogen-bond donors (Lipinski definition) is 1. The maximum absolute atomic E-state index is 4.66. The summed E-state index contributed by atoms with van der Waals surface area (Å²) in [5.74, 6) is 2.62. The number of thiophene rings is 1. The minimum atomic E-state index is 0.787. The number of fused-ring (bicyclic) bond motifs is 1. The van der Waals surface area contributed by atoms with Gasteiger partial charge in [0.25, 0.3) is 0 Å². The minimum absolute atomic E-state index is 0.787. The van der Waals surface area contributed by atoms with Crippen LogP contribution in [0.1, 0.15) is 18.3 Å². The molecule has 3 rings (SSSR count). The molecule has 0 radical (unpaired) electrons. The lowest BCUT2D eigenvalue weighted by molar-refractivity contribution is 1.05. The van der Waals surface area contributed by atoms with Gasteiger partial charge in [-0.15, -0.1) is 23.1 Å². The van der Waals surface area contributed by atoms with Gasteiger partial charge in [0.2, 0.25) is 0 Å². The third-order valence-corrected chi connectivity index (χ3v) is 4.87. The smallest absolute Gasteiger partial charge is 0.142 e. The molecule has 0 aliphatic heterocycles. The Morgan fingerprint density at radius 3 is 2.95 bits per heavy atom. The highest BCUT2D eigenvalue weighted by atomic mass is 32.2. The highest BCUT2D eigenvalue weighted by Gasteiger charge is 2.08. The number of nitrogens with zero attached hydrogens (tertiary/aromatic N) is 2. The van der Waals surface area contributed by atoms with E-state index in [4.69, 9.17) is 0 Å². The van der Waals surface area contributed by atoms with Gasteiger partial charge in [-0.2, -0.15) is 0 Å². The second-order valence-electron chi connectivity index (χ2n) is 4.76. The number of rotatable bonds is 5. The lowest BCUT2D eigenvalue weighted by Gasteiger charge is -2.07. The molecule has 3 nitrogen and oxygen atoms in total. The molecule has 3 aromatic rings. The molecule has 0 saturated carbocycles.